The Kier molecular flexibility index (Phi) is 8.00. The van der Waals surface area contributed by atoms with Crippen LogP contribution in [0.3, 0.4) is 0 Å². The zero-order valence-electron chi connectivity index (χ0n) is 19.0. The number of aliphatic carboxylic acids is 1. The summed E-state index contributed by atoms with van der Waals surface area (Å²) in [5, 5.41) is 20.5. The minimum absolute atomic E-state index is 0.191. The average molecular weight is 497 g/mol. The molecule has 6 N–H and O–H groups in total. The van der Waals surface area contributed by atoms with Gasteiger partial charge in [-0.1, -0.05) is 37.6 Å². The molecule has 1 aliphatic rings. The van der Waals surface area contributed by atoms with Crippen LogP contribution in [0.1, 0.15) is 44.7 Å². The number of amides is 4. The Balaban J connectivity index is 2.35. The average Bonchev–Trinajstić information content (AvgIpc) is 2.98. The van der Waals surface area contributed by atoms with E-state index in [1.165, 1.54) is 31.2 Å². The quantitative estimate of drug-likeness (QED) is 0.156. The van der Waals surface area contributed by atoms with Crippen molar-refractivity contribution in [3.8, 4) is 0 Å². The Hall–Kier alpha value is -3.52. The third-order valence-electron chi connectivity index (χ3n) is 5.29. The number of nitrogens with two attached hydrogens (primary N) is 1. The highest BCUT2D eigenvalue weighted by molar-refractivity contribution is 7.89. The van der Waals surface area contributed by atoms with Gasteiger partial charge in [0, 0.05) is 12.5 Å². The molecule has 1 aromatic rings. The monoisotopic (exact) mass is 496 g/mol. The van der Waals surface area contributed by atoms with Crippen molar-refractivity contribution in [3.63, 3.8) is 0 Å². The number of carboxylic acids is 1. The summed E-state index contributed by atoms with van der Waals surface area (Å²) < 4.78 is 26.4. The fourth-order valence-electron chi connectivity index (χ4n) is 3.32. The van der Waals surface area contributed by atoms with Crippen LogP contribution in [0.2, 0.25) is 0 Å². The van der Waals surface area contributed by atoms with E-state index in [0.29, 0.717) is 34.0 Å². The minimum atomic E-state index is -3.99. The minimum Gasteiger partial charge on any atom is -0.480 e. The summed E-state index contributed by atoms with van der Waals surface area (Å²) in [5.41, 5.74) is 4.55. The summed E-state index contributed by atoms with van der Waals surface area (Å²) in [6.45, 7) is 3.39. The predicted octanol–water partition coefficient (Wildman–Crippen LogP) is -0.326. The highest BCUT2D eigenvalue weighted by atomic mass is 32.2. The highest BCUT2D eigenvalue weighted by Crippen LogP contribution is 2.30. The standard InChI is InChI=1S/C20H28N6O7S/c1-4-5-10-34(32,33)24-15(17(28)29)11-25(12(2)27)26-18(30)20(3,23-19(26)31)14-8-6-13(7-9-14)16(21)22/h6-9,15,24H,4-5,10-11H2,1-3H3,(H3,21,22)(H,23,31)(H,28,29)/t15-,20-/m1/s1. The number of rotatable bonds is 11. The Morgan fingerprint density at radius 1 is 1.29 bits per heavy atom. The van der Waals surface area contributed by atoms with Crippen LogP contribution in [0.15, 0.2) is 24.3 Å². The molecule has 0 aromatic heterocycles. The van der Waals surface area contributed by atoms with E-state index in [0.717, 1.165) is 6.92 Å². The zero-order chi connectivity index (χ0) is 25.8. The topological polar surface area (TPSA) is 203 Å². The molecule has 0 radical (unpaired) electrons. The SMILES string of the molecule is CCCCS(=O)(=O)N[C@H](CN(C(C)=O)N1C(=O)N[C@](C)(c2ccc(C(=N)N)cc2)C1=O)C(=O)O. The first-order chi connectivity index (χ1) is 15.7. The second-order valence-corrected chi connectivity index (χ2v) is 9.82. The second-order valence-electron chi connectivity index (χ2n) is 7.95. The van der Waals surface area contributed by atoms with Crippen molar-refractivity contribution < 1.29 is 32.7 Å². The summed E-state index contributed by atoms with van der Waals surface area (Å²) >= 11 is 0. The lowest BCUT2D eigenvalue weighted by Crippen LogP contribution is -2.57. The smallest absolute Gasteiger partial charge is 0.344 e. The van der Waals surface area contributed by atoms with Crippen LogP contribution in [0.25, 0.3) is 0 Å². The number of amidine groups is 1. The van der Waals surface area contributed by atoms with Gasteiger partial charge in [-0.2, -0.15) is 9.73 Å². The maximum atomic E-state index is 13.3. The molecule has 4 amide bonds. The maximum absolute atomic E-state index is 13.3. The summed E-state index contributed by atoms with van der Waals surface area (Å²) in [6.07, 6.45) is 0.860. The van der Waals surface area contributed by atoms with Crippen molar-refractivity contribution in [2.45, 2.75) is 45.2 Å². The molecule has 0 bridgehead atoms. The Bertz CT molecular complexity index is 1100. The van der Waals surface area contributed by atoms with E-state index < -0.39 is 52.0 Å². The number of nitrogens with one attached hydrogen (secondary N) is 3. The molecule has 0 spiro atoms. The number of hydrazine groups is 1. The Morgan fingerprint density at radius 3 is 2.35 bits per heavy atom. The Labute approximate surface area is 196 Å². The van der Waals surface area contributed by atoms with E-state index in [4.69, 9.17) is 11.1 Å². The molecular formula is C20H28N6O7S. The molecule has 186 valence electrons. The van der Waals surface area contributed by atoms with Crippen LogP contribution in [-0.2, 0) is 29.9 Å². The predicted molar refractivity (Wildman–Crippen MR) is 121 cm³/mol. The van der Waals surface area contributed by atoms with E-state index in [1.54, 1.807) is 6.92 Å². The third-order valence-corrected chi connectivity index (χ3v) is 6.76. The number of unbranched alkanes of at least 4 members (excludes halogenated alkanes) is 1. The number of benzene rings is 1. The van der Waals surface area contributed by atoms with Gasteiger partial charge < -0.3 is 16.2 Å². The number of carboxylic acid groups (broad SMARTS) is 1. The molecule has 2 rings (SSSR count). The van der Waals surface area contributed by atoms with Crippen molar-refractivity contribution >= 4 is 39.7 Å². The van der Waals surface area contributed by atoms with Crippen LogP contribution in [-0.4, -0.2) is 71.5 Å². The molecule has 1 aromatic carbocycles. The van der Waals surface area contributed by atoms with Gasteiger partial charge in [0.2, 0.25) is 15.9 Å². The van der Waals surface area contributed by atoms with Gasteiger partial charge in [0.05, 0.1) is 12.3 Å². The molecule has 1 aliphatic heterocycles. The van der Waals surface area contributed by atoms with Gasteiger partial charge in [0.25, 0.3) is 5.91 Å². The van der Waals surface area contributed by atoms with E-state index in [-0.39, 0.29) is 11.6 Å². The summed E-state index contributed by atoms with van der Waals surface area (Å²) in [5.74, 6) is -3.81. The van der Waals surface area contributed by atoms with E-state index in [9.17, 15) is 32.7 Å². The van der Waals surface area contributed by atoms with Gasteiger partial charge in [-0.15, -0.1) is 0 Å². The first-order valence-electron chi connectivity index (χ1n) is 10.4. The first kappa shape index (κ1) is 26.7. The van der Waals surface area contributed by atoms with Gasteiger partial charge in [-0.05, 0) is 18.9 Å². The van der Waals surface area contributed by atoms with Crippen molar-refractivity contribution in [2.24, 2.45) is 5.73 Å². The van der Waals surface area contributed by atoms with Gasteiger partial charge >= 0.3 is 12.0 Å². The normalized spacial score (nSPS) is 19.0. The summed E-state index contributed by atoms with van der Waals surface area (Å²) in [7, 11) is -3.99. The molecule has 34 heavy (non-hydrogen) atoms. The number of carbonyl (C=O) groups excluding carboxylic acids is 3. The number of nitrogen functional groups attached to an aromatic ring is 1. The molecule has 1 fully saturated rings. The fraction of sp³-hybridized carbons (Fsp3) is 0.450. The maximum Gasteiger partial charge on any atom is 0.344 e. The van der Waals surface area contributed by atoms with Gasteiger partial charge in [-0.25, -0.2) is 18.2 Å². The zero-order valence-corrected chi connectivity index (χ0v) is 19.8. The number of sulfonamides is 1. The van der Waals surface area contributed by atoms with E-state index in [2.05, 4.69) is 5.32 Å². The van der Waals surface area contributed by atoms with Crippen molar-refractivity contribution in [3.05, 3.63) is 35.4 Å². The summed E-state index contributed by atoms with van der Waals surface area (Å²) in [4.78, 5) is 50.1. The van der Waals surface area contributed by atoms with E-state index >= 15 is 0 Å². The third kappa shape index (κ3) is 5.69. The molecule has 2 atom stereocenters. The van der Waals surface area contributed by atoms with Gasteiger partial charge in [-0.3, -0.25) is 19.8 Å². The lowest BCUT2D eigenvalue weighted by atomic mass is 9.91. The number of nitrogens with zero attached hydrogens (tertiary/aromatic N) is 2. The number of hydrogen-bond donors (Lipinski definition) is 5. The Morgan fingerprint density at radius 2 is 1.88 bits per heavy atom. The molecule has 1 heterocycles. The largest absolute Gasteiger partial charge is 0.480 e. The lowest BCUT2D eigenvalue weighted by molar-refractivity contribution is -0.158. The molecule has 0 aliphatic carbocycles. The van der Waals surface area contributed by atoms with Crippen molar-refractivity contribution in [2.75, 3.05) is 12.3 Å². The number of hydrogen-bond acceptors (Lipinski definition) is 7. The van der Waals surface area contributed by atoms with Crippen molar-refractivity contribution in [1.29, 1.82) is 5.41 Å². The van der Waals surface area contributed by atoms with Crippen LogP contribution >= 0.6 is 0 Å². The highest BCUT2D eigenvalue weighted by Gasteiger charge is 2.52. The van der Waals surface area contributed by atoms with Crippen LogP contribution in [0.4, 0.5) is 4.79 Å². The van der Waals surface area contributed by atoms with Crippen LogP contribution in [0.5, 0.6) is 0 Å². The van der Waals surface area contributed by atoms with Gasteiger partial charge in [0.15, 0.2) is 0 Å². The molecule has 0 unspecified atom stereocenters. The van der Waals surface area contributed by atoms with Crippen LogP contribution in [0, 0.1) is 5.41 Å². The summed E-state index contributed by atoms with van der Waals surface area (Å²) in [6, 6.07) is 3.15. The molecule has 13 nitrogen and oxygen atoms in total. The number of imide groups is 1. The second kappa shape index (κ2) is 10.2. The van der Waals surface area contributed by atoms with Crippen LogP contribution < -0.4 is 15.8 Å². The molecule has 1 saturated heterocycles. The first-order valence-corrected chi connectivity index (χ1v) is 12.0. The molecule has 0 saturated carbocycles. The van der Waals surface area contributed by atoms with Gasteiger partial charge in [0.1, 0.15) is 17.4 Å². The fourth-order valence-corrected chi connectivity index (χ4v) is 4.72. The van der Waals surface area contributed by atoms with E-state index in [1.807, 2.05) is 4.72 Å². The lowest BCUT2D eigenvalue weighted by Gasteiger charge is -2.31. The molecular weight excluding hydrogens is 468 g/mol. The number of urea groups is 1. The number of carbonyl (C=O) groups is 4. The molecule has 14 heteroatoms. The van der Waals surface area contributed by atoms with Crippen molar-refractivity contribution in [1.82, 2.24) is 20.1 Å².